The highest BCUT2D eigenvalue weighted by atomic mass is 16.4. The van der Waals surface area contributed by atoms with Crippen LogP contribution in [0.5, 0.6) is 0 Å². The number of carboxylic acid groups (broad SMARTS) is 1. The summed E-state index contributed by atoms with van der Waals surface area (Å²) in [4.78, 5) is 10.1. The van der Waals surface area contributed by atoms with Crippen molar-refractivity contribution in [2.75, 3.05) is 0 Å². The molecule has 3 nitrogen and oxygen atoms in total. The van der Waals surface area contributed by atoms with E-state index in [0.717, 1.165) is 6.08 Å². The lowest BCUT2D eigenvalue weighted by Crippen LogP contribution is -1.94. The molecule has 1 aromatic rings. The molecule has 2 N–H and O–H groups in total. The summed E-state index contributed by atoms with van der Waals surface area (Å²) in [6.07, 6.45) is 1.31. The fourth-order valence-corrected chi connectivity index (χ4v) is 0.935. The molecule has 0 bridgehead atoms. The molecule has 0 heterocycles. The highest BCUT2D eigenvalue weighted by Gasteiger charge is 2.01. The molecule has 0 aliphatic carbocycles. The van der Waals surface area contributed by atoms with Gasteiger partial charge < -0.3 is 10.2 Å². The van der Waals surface area contributed by atoms with Gasteiger partial charge in [-0.3, -0.25) is 0 Å². The van der Waals surface area contributed by atoms with E-state index in [1.54, 1.807) is 24.3 Å². The van der Waals surface area contributed by atoms with Crippen LogP contribution in [-0.4, -0.2) is 16.2 Å². The van der Waals surface area contributed by atoms with Gasteiger partial charge in [0.25, 0.3) is 0 Å². The number of benzene rings is 1. The molecule has 0 saturated carbocycles. The maximum Gasteiger partial charge on any atom is 0.328 e. The lowest BCUT2D eigenvalue weighted by atomic mass is 10.1. The van der Waals surface area contributed by atoms with Gasteiger partial charge in [0.1, 0.15) is 0 Å². The van der Waals surface area contributed by atoms with Crippen LogP contribution in [-0.2, 0) is 4.79 Å². The van der Waals surface area contributed by atoms with E-state index in [4.69, 9.17) is 5.11 Å². The van der Waals surface area contributed by atoms with Gasteiger partial charge in [0.15, 0.2) is 0 Å². The number of aliphatic carboxylic acids is 1. The van der Waals surface area contributed by atoms with Crippen molar-refractivity contribution in [1.82, 2.24) is 0 Å². The molecule has 1 rings (SSSR count). The van der Waals surface area contributed by atoms with E-state index in [1.807, 2.05) is 6.07 Å². The van der Waals surface area contributed by atoms with Crippen LogP contribution in [0.3, 0.4) is 0 Å². The number of aliphatic hydroxyl groups excluding tert-OH is 1. The van der Waals surface area contributed by atoms with Crippen LogP contribution < -0.4 is 0 Å². The number of hydrogen-bond donors (Lipinski definition) is 2. The summed E-state index contributed by atoms with van der Waals surface area (Å²) in [6, 6.07) is 8.87. The van der Waals surface area contributed by atoms with Crippen molar-refractivity contribution in [1.29, 1.82) is 0 Å². The van der Waals surface area contributed by atoms with Crippen molar-refractivity contribution in [3.8, 4) is 0 Å². The Kier molecular flexibility index (Phi) is 3.23. The highest BCUT2D eigenvalue weighted by molar-refractivity contribution is 5.79. The molecule has 0 aliphatic rings. The van der Waals surface area contributed by atoms with E-state index < -0.39 is 12.1 Å². The molecular formula is C10H10O3. The molecule has 3 heteroatoms. The fraction of sp³-hybridized carbons (Fsp3) is 0.100. The summed E-state index contributed by atoms with van der Waals surface area (Å²) in [6.45, 7) is 0. The molecule has 0 radical (unpaired) electrons. The molecule has 1 atom stereocenters. The minimum Gasteiger partial charge on any atom is -0.478 e. The second-order valence-corrected chi connectivity index (χ2v) is 2.55. The molecule has 0 unspecified atom stereocenters. The average Bonchev–Trinajstić information content (AvgIpc) is 2.15. The van der Waals surface area contributed by atoms with Crippen LogP contribution in [0.1, 0.15) is 11.7 Å². The van der Waals surface area contributed by atoms with E-state index in [0.29, 0.717) is 5.56 Å². The normalized spacial score (nSPS) is 13.0. The number of carboxylic acids is 1. The predicted molar refractivity (Wildman–Crippen MR) is 48.2 cm³/mol. The minimum absolute atomic E-state index is 0.681. The lowest BCUT2D eigenvalue weighted by molar-refractivity contribution is -0.131. The first kappa shape index (κ1) is 9.48. The van der Waals surface area contributed by atoms with Gasteiger partial charge >= 0.3 is 5.97 Å². The molecule has 0 aromatic heterocycles. The largest absolute Gasteiger partial charge is 0.478 e. The maximum absolute atomic E-state index is 10.1. The Morgan fingerprint density at radius 1 is 1.31 bits per heavy atom. The van der Waals surface area contributed by atoms with Crippen molar-refractivity contribution < 1.29 is 15.0 Å². The van der Waals surface area contributed by atoms with Crippen molar-refractivity contribution in [3.63, 3.8) is 0 Å². The third-order valence-corrected chi connectivity index (χ3v) is 1.56. The maximum atomic E-state index is 10.1. The Morgan fingerprint density at radius 3 is 2.46 bits per heavy atom. The van der Waals surface area contributed by atoms with Gasteiger partial charge in [-0.2, -0.15) is 0 Å². The van der Waals surface area contributed by atoms with E-state index in [1.165, 1.54) is 6.08 Å². The Labute approximate surface area is 76.0 Å². The summed E-state index contributed by atoms with van der Waals surface area (Å²) >= 11 is 0. The van der Waals surface area contributed by atoms with Gasteiger partial charge in [-0.1, -0.05) is 30.3 Å². The summed E-state index contributed by atoms with van der Waals surface area (Å²) in [5, 5.41) is 17.7. The lowest BCUT2D eigenvalue weighted by Gasteiger charge is -2.03. The number of rotatable bonds is 3. The van der Waals surface area contributed by atoms with Crippen molar-refractivity contribution in [3.05, 3.63) is 48.0 Å². The summed E-state index contributed by atoms with van der Waals surface area (Å²) in [5.74, 6) is -1.06. The highest BCUT2D eigenvalue weighted by Crippen LogP contribution is 2.12. The zero-order chi connectivity index (χ0) is 9.68. The van der Waals surface area contributed by atoms with E-state index >= 15 is 0 Å². The summed E-state index contributed by atoms with van der Waals surface area (Å²) in [5.41, 5.74) is 0.681. The van der Waals surface area contributed by atoms with Gasteiger partial charge in [-0.25, -0.2) is 4.79 Å². The smallest absolute Gasteiger partial charge is 0.328 e. The Hall–Kier alpha value is -1.61. The molecular weight excluding hydrogens is 168 g/mol. The fourth-order valence-electron chi connectivity index (χ4n) is 0.935. The zero-order valence-electron chi connectivity index (χ0n) is 6.92. The SMILES string of the molecule is O=C(O)/C=C/[C@@H](O)c1ccccc1. The van der Waals surface area contributed by atoms with Crippen LogP contribution in [0.2, 0.25) is 0 Å². The molecule has 68 valence electrons. The second-order valence-electron chi connectivity index (χ2n) is 2.55. The predicted octanol–water partition coefficient (Wildman–Crippen LogP) is 1.36. The quantitative estimate of drug-likeness (QED) is 0.687. The van der Waals surface area contributed by atoms with Crippen molar-refractivity contribution >= 4 is 5.97 Å². The number of aliphatic hydroxyl groups is 1. The van der Waals surface area contributed by atoms with E-state index in [2.05, 4.69) is 0 Å². The van der Waals surface area contributed by atoms with Gasteiger partial charge in [-0.05, 0) is 11.6 Å². The Balaban J connectivity index is 2.69. The third kappa shape index (κ3) is 3.09. The van der Waals surface area contributed by atoms with E-state index in [9.17, 15) is 9.90 Å². The Morgan fingerprint density at radius 2 is 1.92 bits per heavy atom. The van der Waals surface area contributed by atoms with Gasteiger partial charge in [0.2, 0.25) is 0 Å². The standard InChI is InChI=1S/C10H10O3/c11-9(6-7-10(12)13)8-4-2-1-3-5-8/h1-7,9,11H,(H,12,13)/b7-6+/t9-/m1/s1. The molecule has 0 saturated heterocycles. The molecule has 0 fully saturated rings. The number of carbonyl (C=O) groups is 1. The van der Waals surface area contributed by atoms with Crippen molar-refractivity contribution in [2.24, 2.45) is 0 Å². The van der Waals surface area contributed by atoms with Crippen LogP contribution in [0.15, 0.2) is 42.5 Å². The van der Waals surface area contributed by atoms with Crippen LogP contribution in [0.4, 0.5) is 0 Å². The average molecular weight is 178 g/mol. The van der Waals surface area contributed by atoms with Crippen molar-refractivity contribution in [2.45, 2.75) is 6.10 Å². The first-order valence-corrected chi connectivity index (χ1v) is 3.84. The molecule has 13 heavy (non-hydrogen) atoms. The molecule has 1 aromatic carbocycles. The molecule has 0 spiro atoms. The van der Waals surface area contributed by atoms with Gasteiger partial charge in [0.05, 0.1) is 6.10 Å². The first-order chi connectivity index (χ1) is 6.20. The molecule has 0 amide bonds. The summed E-state index contributed by atoms with van der Waals surface area (Å²) in [7, 11) is 0. The van der Waals surface area contributed by atoms with Crippen LogP contribution >= 0.6 is 0 Å². The summed E-state index contributed by atoms with van der Waals surface area (Å²) < 4.78 is 0. The topological polar surface area (TPSA) is 57.5 Å². The monoisotopic (exact) mass is 178 g/mol. The first-order valence-electron chi connectivity index (χ1n) is 3.84. The van der Waals surface area contributed by atoms with Gasteiger partial charge in [0, 0.05) is 6.08 Å². The van der Waals surface area contributed by atoms with Crippen LogP contribution in [0, 0.1) is 0 Å². The Bertz CT molecular complexity index is 303. The van der Waals surface area contributed by atoms with E-state index in [-0.39, 0.29) is 0 Å². The van der Waals surface area contributed by atoms with Gasteiger partial charge in [-0.15, -0.1) is 0 Å². The second kappa shape index (κ2) is 4.42. The zero-order valence-corrected chi connectivity index (χ0v) is 6.92. The third-order valence-electron chi connectivity index (χ3n) is 1.56. The molecule has 0 aliphatic heterocycles. The number of hydrogen-bond acceptors (Lipinski definition) is 2. The minimum atomic E-state index is -1.06. The van der Waals surface area contributed by atoms with Crippen LogP contribution in [0.25, 0.3) is 0 Å².